The molecule has 0 radical (unpaired) electrons. The van der Waals surface area contributed by atoms with Gasteiger partial charge in [-0.2, -0.15) is 0 Å². The van der Waals surface area contributed by atoms with E-state index >= 15 is 0 Å². The summed E-state index contributed by atoms with van der Waals surface area (Å²) < 4.78 is 0. The number of hydrogen-bond acceptors (Lipinski definition) is 4. The predicted octanol–water partition coefficient (Wildman–Crippen LogP) is 2.03. The fraction of sp³-hybridized carbons (Fsp3) is 0.400. The lowest BCUT2D eigenvalue weighted by molar-refractivity contribution is 0.0325. The lowest BCUT2D eigenvalue weighted by atomic mass is 10.0. The van der Waals surface area contributed by atoms with Crippen LogP contribution in [-0.2, 0) is 4.84 Å². The van der Waals surface area contributed by atoms with E-state index in [9.17, 15) is 4.91 Å². The normalized spacial score (nSPS) is 14.4. The van der Waals surface area contributed by atoms with Crippen molar-refractivity contribution >= 4 is 0 Å². The van der Waals surface area contributed by atoms with E-state index in [0.29, 0.717) is 0 Å². The van der Waals surface area contributed by atoms with Gasteiger partial charge < -0.3 is 10.2 Å². The first-order chi connectivity index (χ1) is 6.79. The molecule has 0 aromatic heterocycles. The van der Waals surface area contributed by atoms with Crippen molar-refractivity contribution in [3.05, 3.63) is 40.8 Å². The molecule has 4 nitrogen and oxygen atoms in total. The summed E-state index contributed by atoms with van der Waals surface area (Å²) >= 11 is 0. The predicted molar refractivity (Wildman–Crippen MR) is 54.6 cm³/mol. The molecule has 0 aliphatic rings. The Kier molecular flexibility index (Phi) is 4.07. The molecule has 0 spiro atoms. The van der Waals surface area contributed by atoms with Crippen LogP contribution in [-0.4, -0.2) is 13.1 Å². The highest BCUT2D eigenvalue weighted by Gasteiger charge is 2.19. The maximum Gasteiger partial charge on any atom is 0.170 e. The van der Waals surface area contributed by atoms with Gasteiger partial charge in [-0.1, -0.05) is 30.3 Å². The van der Waals surface area contributed by atoms with E-state index in [4.69, 9.17) is 4.84 Å². The van der Waals surface area contributed by atoms with Crippen LogP contribution in [0.5, 0.6) is 0 Å². The van der Waals surface area contributed by atoms with Crippen LogP contribution in [0, 0.1) is 4.91 Å². The quantitative estimate of drug-likeness (QED) is 0.576. The second-order valence-electron chi connectivity index (χ2n) is 3.09. The Morgan fingerprint density at radius 1 is 1.36 bits per heavy atom. The first kappa shape index (κ1) is 10.7. The summed E-state index contributed by atoms with van der Waals surface area (Å²) in [5.41, 5.74) is 0.939. The van der Waals surface area contributed by atoms with Gasteiger partial charge in [-0.3, -0.25) is 0 Å². The molecule has 14 heavy (non-hydrogen) atoms. The van der Waals surface area contributed by atoms with Gasteiger partial charge in [0.2, 0.25) is 0 Å². The van der Waals surface area contributed by atoms with Crippen LogP contribution in [0.15, 0.2) is 35.7 Å². The maximum atomic E-state index is 10.1. The summed E-state index contributed by atoms with van der Waals surface area (Å²) in [6, 6.07) is 9.57. The van der Waals surface area contributed by atoms with Gasteiger partial charge >= 0.3 is 0 Å². The zero-order chi connectivity index (χ0) is 10.4. The smallest absolute Gasteiger partial charge is 0.170 e. The Balaban J connectivity index is 2.82. The van der Waals surface area contributed by atoms with Gasteiger partial charge in [0.05, 0.1) is 0 Å². The van der Waals surface area contributed by atoms with Crippen molar-refractivity contribution in [1.82, 2.24) is 5.32 Å². The SMILES string of the molecule is CNC(C)C(ON=O)c1ccccc1. The standard InChI is InChI=1S/C10H14N2O2/c1-8(11-2)10(14-12-13)9-6-4-3-5-7-9/h3-8,10-11H,1-2H3. The van der Waals surface area contributed by atoms with Gasteiger partial charge in [-0.25, -0.2) is 0 Å². The lowest BCUT2D eigenvalue weighted by Crippen LogP contribution is -2.29. The molecule has 1 aromatic carbocycles. The first-order valence-electron chi connectivity index (χ1n) is 4.50. The number of likely N-dealkylation sites (N-methyl/N-ethyl adjacent to an activating group) is 1. The third-order valence-corrected chi connectivity index (χ3v) is 2.19. The zero-order valence-corrected chi connectivity index (χ0v) is 8.31. The van der Waals surface area contributed by atoms with E-state index in [-0.39, 0.29) is 12.1 Å². The molecule has 0 fully saturated rings. The van der Waals surface area contributed by atoms with E-state index in [2.05, 4.69) is 10.7 Å². The molecule has 1 rings (SSSR count). The molecule has 4 heteroatoms. The zero-order valence-electron chi connectivity index (χ0n) is 8.31. The van der Waals surface area contributed by atoms with Crippen LogP contribution in [0.4, 0.5) is 0 Å². The molecule has 0 saturated carbocycles. The van der Waals surface area contributed by atoms with Crippen LogP contribution < -0.4 is 5.32 Å². The number of nitrogens with zero attached hydrogens (tertiary/aromatic N) is 1. The number of hydrogen-bond donors (Lipinski definition) is 1. The van der Waals surface area contributed by atoms with Gasteiger partial charge in [0, 0.05) is 6.04 Å². The molecule has 76 valence electrons. The third-order valence-electron chi connectivity index (χ3n) is 2.19. The minimum Gasteiger partial charge on any atom is -0.354 e. The Hall–Kier alpha value is -1.42. The number of nitrogens with one attached hydrogen (secondary N) is 1. The van der Waals surface area contributed by atoms with Crippen LogP contribution in [0.1, 0.15) is 18.6 Å². The van der Waals surface area contributed by atoms with Crippen molar-refractivity contribution in [2.75, 3.05) is 7.05 Å². The van der Waals surface area contributed by atoms with E-state index in [0.717, 1.165) is 5.56 Å². The maximum absolute atomic E-state index is 10.1. The Labute approximate surface area is 83.2 Å². The minimum absolute atomic E-state index is 0.0371. The molecule has 1 N–H and O–H groups in total. The second-order valence-corrected chi connectivity index (χ2v) is 3.09. The highest BCUT2D eigenvalue weighted by molar-refractivity contribution is 5.18. The average molecular weight is 194 g/mol. The number of benzene rings is 1. The molecule has 1 aromatic rings. The van der Waals surface area contributed by atoms with Crippen molar-refractivity contribution in [2.45, 2.75) is 19.1 Å². The minimum atomic E-state index is -0.335. The highest BCUT2D eigenvalue weighted by atomic mass is 16.7. The molecule has 0 amide bonds. The molecule has 2 unspecified atom stereocenters. The lowest BCUT2D eigenvalue weighted by Gasteiger charge is -2.20. The molecule has 2 atom stereocenters. The number of rotatable bonds is 5. The Morgan fingerprint density at radius 3 is 2.50 bits per heavy atom. The van der Waals surface area contributed by atoms with Crippen LogP contribution in [0.3, 0.4) is 0 Å². The second kappa shape index (κ2) is 5.34. The highest BCUT2D eigenvalue weighted by Crippen LogP contribution is 2.20. The Bertz CT molecular complexity index is 277. The van der Waals surface area contributed by atoms with Crippen LogP contribution in [0.25, 0.3) is 0 Å². The van der Waals surface area contributed by atoms with Crippen molar-refractivity contribution in [3.8, 4) is 0 Å². The van der Waals surface area contributed by atoms with Crippen molar-refractivity contribution in [3.63, 3.8) is 0 Å². The third kappa shape index (κ3) is 2.53. The average Bonchev–Trinajstić information content (AvgIpc) is 2.26. The van der Waals surface area contributed by atoms with Crippen molar-refractivity contribution in [1.29, 1.82) is 0 Å². The summed E-state index contributed by atoms with van der Waals surface area (Å²) in [6.45, 7) is 1.93. The van der Waals surface area contributed by atoms with E-state index in [1.165, 1.54) is 0 Å². The monoisotopic (exact) mass is 194 g/mol. The summed E-state index contributed by atoms with van der Waals surface area (Å²) in [6.07, 6.45) is -0.335. The van der Waals surface area contributed by atoms with E-state index in [1.807, 2.05) is 44.3 Å². The topological polar surface area (TPSA) is 50.7 Å². The fourth-order valence-electron chi connectivity index (χ4n) is 1.28. The van der Waals surface area contributed by atoms with Crippen molar-refractivity contribution < 1.29 is 4.84 Å². The molecule has 0 saturated heterocycles. The summed E-state index contributed by atoms with van der Waals surface area (Å²) in [5.74, 6) is 0. The van der Waals surface area contributed by atoms with E-state index < -0.39 is 0 Å². The van der Waals surface area contributed by atoms with Gasteiger partial charge in [0.15, 0.2) is 11.4 Å². The van der Waals surface area contributed by atoms with Crippen LogP contribution in [0.2, 0.25) is 0 Å². The summed E-state index contributed by atoms with van der Waals surface area (Å²) in [4.78, 5) is 14.9. The first-order valence-corrected chi connectivity index (χ1v) is 4.50. The molecule has 0 aliphatic carbocycles. The van der Waals surface area contributed by atoms with E-state index in [1.54, 1.807) is 0 Å². The molecule has 0 bridgehead atoms. The Morgan fingerprint density at radius 2 is 2.00 bits per heavy atom. The largest absolute Gasteiger partial charge is 0.354 e. The van der Waals surface area contributed by atoms with Crippen molar-refractivity contribution in [2.24, 2.45) is 5.34 Å². The molecule has 0 heterocycles. The fourth-order valence-corrected chi connectivity index (χ4v) is 1.28. The van der Waals surface area contributed by atoms with Gasteiger partial charge in [0.25, 0.3) is 0 Å². The molecular weight excluding hydrogens is 180 g/mol. The summed E-state index contributed by atoms with van der Waals surface area (Å²) in [7, 11) is 1.81. The van der Waals surface area contributed by atoms with Gasteiger partial charge in [0.1, 0.15) is 0 Å². The van der Waals surface area contributed by atoms with Gasteiger partial charge in [-0.15, -0.1) is 4.91 Å². The molecular formula is C10H14N2O2. The van der Waals surface area contributed by atoms with Gasteiger partial charge in [-0.05, 0) is 19.5 Å². The summed E-state index contributed by atoms with van der Waals surface area (Å²) in [5, 5.41) is 5.52. The van der Waals surface area contributed by atoms with Crippen LogP contribution >= 0.6 is 0 Å². The molecule has 0 aliphatic heterocycles.